The fourth-order valence-electron chi connectivity index (χ4n) is 3.84. The minimum Gasteiger partial charge on any atom is -0.464 e. The van der Waals surface area contributed by atoms with Gasteiger partial charge in [0, 0.05) is 48.3 Å². The van der Waals surface area contributed by atoms with Gasteiger partial charge in [0.2, 0.25) is 11.8 Å². The van der Waals surface area contributed by atoms with E-state index in [1.165, 1.54) is 24.2 Å². The first-order valence-corrected chi connectivity index (χ1v) is 13.5. The molecule has 11 heteroatoms. The van der Waals surface area contributed by atoms with Crippen molar-refractivity contribution in [2.24, 2.45) is 5.92 Å². The van der Waals surface area contributed by atoms with Gasteiger partial charge in [-0.1, -0.05) is 29.3 Å². The molecule has 0 bridgehead atoms. The number of piperidine rings is 1. The number of benzene rings is 1. The molecule has 2 amide bonds. The van der Waals surface area contributed by atoms with E-state index in [9.17, 15) is 14.4 Å². The van der Waals surface area contributed by atoms with Gasteiger partial charge in [-0.15, -0.1) is 11.8 Å². The maximum Gasteiger partial charge on any atom is 0.329 e. The fraction of sp³-hybridized carbons (Fsp3) is 0.400. The van der Waals surface area contributed by atoms with Gasteiger partial charge >= 0.3 is 5.97 Å². The van der Waals surface area contributed by atoms with E-state index in [2.05, 4.69) is 15.3 Å². The van der Waals surface area contributed by atoms with Crippen molar-refractivity contribution >= 4 is 58.8 Å². The number of rotatable bonds is 9. The first-order chi connectivity index (χ1) is 17.3. The fourth-order valence-corrected chi connectivity index (χ4v) is 5.01. The van der Waals surface area contributed by atoms with E-state index in [1.54, 1.807) is 30.2 Å². The zero-order valence-corrected chi connectivity index (χ0v) is 22.4. The highest BCUT2D eigenvalue weighted by Crippen LogP contribution is 2.35. The van der Waals surface area contributed by atoms with Crippen LogP contribution in [0.5, 0.6) is 0 Å². The lowest BCUT2D eigenvalue weighted by molar-refractivity contribution is -0.148. The number of thioether (sulfide) groups is 1. The Kier molecular flexibility index (Phi) is 10.6. The van der Waals surface area contributed by atoms with Crippen molar-refractivity contribution in [1.29, 1.82) is 0 Å². The van der Waals surface area contributed by atoms with Crippen LogP contribution >= 0.6 is 35.0 Å². The van der Waals surface area contributed by atoms with Crippen LogP contribution in [0.4, 0.5) is 0 Å². The number of nitrogens with zero attached hydrogens (tertiary/aromatic N) is 3. The number of amides is 2. The molecule has 0 radical (unpaired) electrons. The highest BCUT2D eigenvalue weighted by Gasteiger charge is 2.30. The van der Waals surface area contributed by atoms with Crippen LogP contribution < -0.4 is 5.32 Å². The quantitative estimate of drug-likeness (QED) is 0.285. The number of hydrogen-bond donors (Lipinski definition) is 1. The third-order valence-corrected chi connectivity index (χ3v) is 7.61. The number of likely N-dealkylation sites (tertiary alicyclic amines) is 1. The van der Waals surface area contributed by atoms with Crippen molar-refractivity contribution < 1.29 is 19.1 Å². The summed E-state index contributed by atoms with van der Waals surface area (Å²) in [7, 11) is 0. The van der Waals surface area contributed by atoms with Crippen LogP contribution in [0.25, 0.3) is 6.08 Å². The van der Waals surface area contributed by atoms with Gasteiger partial charge in [-0.3, -0.25) is 9.59 Å². The lowest BCUT2D eigenvalue weighted by Crippen LogP contribution is -2.48. The van der Waals surface area contributed by atoms with Crippen molar-refractivity contribution in [3.8, 4) is 0 Å². The van der Waals surface area contributed by atoms with E-state index in [-0.39, 0.29) is 30.8 Å². The average Bonchev–Trinajstić information content (AvgIpc) is 2.89. The van der Waals surface area contributed by atoms with E-state index >= 15 is 0 Å². The van der Waals surface area contributed by atoms with Gasteiger partial charge in [0.1, 0.15) is 12.4 Å². The molecule has 1 fully saturated rings. The molecule has 1 N–H and O–H groups in total. The summed E-state index contributed by atoms with van der Waals surface area (Å²) in [6, 6.07) is 4.53. The number of ether oxygens (including phenoxy) is 1. The summed E-state index contributed by atoms with van der Waals surface area (Å²) >= 11 is 14.1. The molecule has 0 aliphatic carbocycles. The summed E-state index contributed by atoms with van der Waals surface area (Å²) in [6.07, 6.45) is 9.19. The first-order valence-electron chi connectivity index (χ1n) is 11.5. The minimum atomic E-state index is -0.844. The number of carbonyl (C=O) groups is 3. The molecule has 192 valence electrons. The Bertz CT molecular complexity index is 1110. The summed E-state index contributed by atoms with van der Waals surface area (Å²) in [6.45, 7) is 2.78. The van der Waals surface area contributed by atoms with Crippen molar-refractivity contribution in [1.82, 2.24) is 20.2 Å². The molecular weight excluding hydrogens is 523 g/mol. The molecule has 1 aromatic carbocycles. The summed E-state index contributed by atoms with van der Waals surface area (Å²) < 4.78 is 5.13. The number of halogens is 2. The summed E-state index contributed by atoms with van der Waals surface area (Å²) in [5.41, 5.74) is 1.29. The van der Waals surface area contributed by atoms with Gasteiger partial charge in [-0.05, 0) is 49.8 Å². The van der Waals surface area contributed by atoms with Gasteiger partial charge in [0.05, 0.1) is 16.7 Å². The molecular formula is C25H28Cl2N4O4S. The number of aromatic nitrogens is 2. The van der Waals surface area contributed by atoms with Gasteiger partial charge in [-0.25, -0.2) is 14.8 Å². The number of carbonyl (C=O) groups excluding carboxylic acids is 3. The number of nitrogens with one attached hydrogen (secondary N) is 1. The monoisotopic (exact) mass is 550 g/mol. The van der Waals surface area contributed by atoms with Crippen LogP contribution in [-0.4, -0.2) is 64.6 Å². The molecule has 1 aliphatic heterocycles. The molecule has 2 aromatic rings. The molecule has 1 aromatic heterocycles. The molecule has 1 unspecified atom stereocenters. The van der Waals surface area contributed by atoms with Gasteiger partial charge in [0.25, 0.3) is 0 Å². The molecule has 1 saturated heterocycles. The summed E-state index contributed by atoms with van der Waals surface area (Å²) in [5, 5.41) is 3.68. The lowest BCUT2D eigenvalue weighted by atomic mass is 9.95. The summed E-state index contributed by atoms with van der Waals surface area (Å²) in [4.78, 5) is 48.6. The van der Waals surface area contributed by atoms with E-state index in [4.69, 9.17) is 27.9 Å². The number of esters is 1. The Morgan fingerprint density at radius 3 is 2.61 bits per heavy atom. The highest BCUT2D eigenvalue weighted by molar-refractivity contribution is 7.98. The normalized spacial score (nSPS) is 15.1. The molecule has 1 aliphatic rings. The third-order valence-electron chi connectivity index (χ3n) is 5.82. The Hall–Kier alpha value is -2.62. The second kappa shape index (κ2) is 13.6. The standard InChI is InChI=1S/C25H28Cl2N4O4S/c1-3-35-25(34)19(14-18-8-11-28-15-29-18)30-24(33)17-9-12-31(13-10-17)21(32)7-5-16-4-6-20(36-2)23(27)22(16)26/h4-8,11,15,17,19H,3,9-10,12-14H2,1-2H3,(H,30,33)/b7-5+. The Morgan fingerprint density at radius 1 is 1.22 bits per heavy atom. The zero-order chi connectivity index (χ0) is 26.1. The van der Waals surface area contributed by atoms with Crippen LogP contribution in [0.1, 0.15) is 31.0 Å². The van der Waals surface area contributed by atoms with Crippen LogP contribution in [0, 0.1) is 5.92 Å². The van der Waals surface area contributed by atoms with Crippen LogP contribution in [0.2, 0.25) is 10.0 Å². The predicted octanol–water partition coefficient (Wildman–Crippen LogP) is 4.05. The molecule has 8 nitrogen and oxygen atoms in total. The van der Waals surface area contributed by atoms with Gasteiger partial charge in [0.15, 0.2) is 0 Å². The largest absolute Gasteiger partial charge is 0.464 e. The molecule has 2 heterocycles. The summed E-state index contributed by atoms with van der Waals surface area (Å²) in [5.74, 6) is -1.22. The van der Waals surface area contributed by atoms with Crippen molar-refractivity contribution in [3.05, 3.63) is 58.1 Å². The topological polar surface area (TPSA) is 101 Å². The number of hydrogen-bond acceptors (Lipinski definition) is 7. The first kappa shape index (κ1) is 28.0. The SMILES string of the molecule is CCOC(=O)C(Cc1ccncn1)NC(=O)C1CCN(C(=O)/C=C/c2ccc(SC)c(Cl)c2Cl)CC1. The Balaban J connectivity index is 1.56. The third kappa shape index (κ3) is 7.44. The van der Waals surface area contributed by atoms with E-state index < -0.39 is 12.0 Å². The maximum atomic E-state index is 12.9. The van der Waals surface area contributed by atoms with Crippen molar-refractivity contribution in [3.63, 3.8) is 0 Å². The second-order valence-electron chi connectivity index (χ2n) is 8.14. The van der Waals surface area contributed by atoms with Gasteiger partial charge in [-0.2, -0.15) is 0 Å². The predicted molar refractivity (Wildman–Crippen MR) is 141 cm³/mol. The van der Waals surface area contributed by atoms with E-state index in [0.29, 0.717) is 47.2 Å². The average molecular weight is 551 g/mol. The van der Waals surface area contributed by atoms with Crippen molar-refractivity contribution in [2.75, 3.05) is 26.0 Å². The molecule has 0 spiro atoms. The van der Waals surface area contributed by atoms with E-state index in [1.807, 2.05) is 18.4 Å². The highest BCUT2D eigenvalue weighted by atomic mass is 35.5. The van der Waals surface area contributed by atoms with Crippen molar-refractivity contribution in [2.45, 2.75) is 37.1 Å². The second-order valence-corrected chi connectivity index (χ2v) is 9.74. The zero-order valence-electron chi connectivity index (χ0n) is 20.1. The smallest absolute Gasteiger partial charge is 0.329 e. The van der Waals surface area contributed by atoms with E-state index in [0.717, 1.165) is 4.90 Å². The lowest BCUT2D eigenvalue weighted by Gasteiger charge is -2.31. The molecule has 0 saturated carbocycles. The van der Waals surface area contributed by atoms with Gasteiger partial charge < -0.3 is 15.0 Å². The Labute approximate surface area is 224 Å². The Morgan fingerprint density at radius 2 is 1.97 bits per heavy atom. The minimum absolute atomic E-state index is 0.164. The molecule has 36 heavy (non-hydrogen) atoms. The van der Waals surface area contributed by atoms with Crippen LogP contribution in [-0.2, 0) is 25.5 Å². The van der Waals surface area contributed by atoms with Crippen LogP contribution in [0.3, 0.4) is 0 Å². The molecule has 1 atom stereocenters. The molecule has 3 rings (SSSR count). The maximum absolute atomic E-state index is 12.9. The van der Waals surface area contributed by atoms with Crippen LogP contribution in [0.15, 0.2) is 41.7 Å².